The third kappa shape index (κ3) is 30.2. The van der Waals surface area contributed by atoms with Crippen LogP contribution >= 0.6 is 0 Å². The Labute approximate surface area is 304 Å². The molecule has 0 aromatic carbocycles. The Kier molecular flexibility index (Phi) is 34.2. The summed E-state index contributed by atoms with van der Waals surface area (Å²) in [5, 5.41) is 0. The van der Waals surface area contributed by atoms with Gasteiger partial charge in [-0.3, -0.25) is 9.80 Å². The zero-order valence-electron chi connectivity index (χ0n) is 33.7. The normalized spacial score (nSPS) is 15.0. The maximum absolute atomic E-state index is 2.89. The molecule has 0 atom stereocenters. The molecule has 48 heavy (non-hydrogen) atoms. The van der Waals surface area contributed by atoms with E-state index in [1.54, 1.807) is 0 Å². The number of allylic oxidation sites excluding steroid dienone is 4. The van der Waals surface area contributed by atoms with E-state index in [2.05, 4.69) is 66.9 Å². The second-order valence-electron chi connectivity index (χ2n) is 15.8. The van der Waals surface area contributed by atoms with Crippen LogP contribution < -0.4 is 0 Å². The highest BCUT2D eigenvalue weighted by Gasteiger charge is 2.23. The van der Waals surface area contributed by atoms with Gasteiger partial charge >= 0.3 is 0 Å². The van der Waals surface area contributed by atoms with E-state index in [0.717, 1.165) is 6.04 Å². The minimum atomic E-state index is 0.828. The van der Waals surface area contributed by atoms with Crippen molar-refractivity contribution in [3.8, 4) is 0 Å². The number of rotatable bonds is 36. The number of nitrogens with zero attached hydrogens (tertiary/aromatic N) is 3. The Balaban J connectivity index is 2.16. The fraction of sp³-hybridized carbons (Fsp3) is 0.911. The molecular formula is C45H89N3. The molecule has 1 saturated heterocycles. The van der Waals surface area contributed by atoms with E-state index < -0.39 is 0 Å². The molecule has 0 spiro atoms. The summed E-state index contributed by atoms with van der Waals surface area (Å²) in [6.07, 6.45) is 52.0. The van der Waals surface area contributed by atoms with Gasteiger partial charge in [-0.05, 0) is 78.3 Å². The maximum atomic E-state index is 2.89. The lowest BCUT2D eigenvalue weighted by Crippen LogP contribution is -2.51. The van der Waals surface area contributed by atoms with E-state index in [-0.39, 0.29) is 0 Å². The van der Waals surface area contributed by atoms with E-state index >= 15 is 0 Å². The lowest BCUT2D eigenvalue weighted by Gasteiger charge is -2.40. The van der Waals surface area contributed by atoms with Gasteiger partial charge in [-0.2, -0.15) is 0 Å². The van der Waals surface area contributed by atoms with Crippen LogP contribution in [0.25, 0.3) is 0 Å². The average Bonchev–Trinajstić information content (AvgIpc) is 3.09. The van der Waals surface area contributed by atoms with Gasteiger partial charge in [-0.25, -0.2) is 0 Å². The summed E-state index contributed by atoms with van der Waals surface area (Å²) in [6.45, 7) is 12.1. The summed E-state index contributed by atoms with van der Waals surface area (Å²) in [5.74, 6) is 0. The van der Waals surface area contributed by atoms with E-state index in [1.807, 2.05) is 0 Å². The van der Waals surface area contributed by atoms with Crippen LogP contribution in [0.1, 0.15) is 206 Å². The quantitative estimate of drug-likeness (QED) is 0.0485. The standard InChI is InChI=1S/C45H89N3/c1-5-7-9-11-13-15-17-19-21-23-25-27-29-31-33-35-37-45(48-43-41-47(42-44-48)40-39-46(3)4)38-36-34-32-30-28-26-24-22-20-18-16-14-12-10-8-6-2/h19-22,45H,5-18,23-44H2,1-4H3/b21-19-,22-20-. The van der Waals surface area contributed by atoms with E-state index in [1.165, 1.54) is 232 Å². The van der Waals surface area contributed by atoms with Gasteiger partial charge in [0.15, 0.2) is 0 Å². The van der Waals surface area contributed by atoms with Gasteiger partial charge in [-0.15, -0.1) is 0 Å². The monoisotopic (exact) mass is 672 g/mol. The minimum absolute atomic E-state index is 0.828. The van der Waals surface area contributed by atoms with Gasteiger partial charge in [-0.1, -0.05) is 167 Å². The Hall–Kier alpha value is -0.640. The van der Waals surface area contributed by atoms with Crippen molar-refractivity contribution < 1.29 is 0 Å². The first-order valence-corrected chi connectivity index (χ1v) is 22.1. The molecule has 0 aliphatic carbocycles. The first kappa shape index (κ1) is 45.4. The van der Waals surface area contributed by atoms with Crippen molar-refractivity contribution in [1.82, 2.24) is 14.7 Å². The smallest absolute Gasteiger partial charge is 0.0113 e. The van der Waals surface area contributed by atoms with Crippen LogP contribution in [0.2, 0.25) is 0 Å². The molecule has 1 fully saturated rings. The lowest BCUT2D eigenvalue weighted by atomic mass is 9.98. The molecule has 284 valence electrons. The van der Waals surface area contributed by atoms with Crippen molar-refractivity contribution in [2.75, 3.05) is 53.4 Å². The van der Waals surface area contributed by atoms with Crippen molar-refractivity contribution in [2.24, 2.45) is 0 Å². The predicted octanol–water partition coefficient (Wildman–Crippen LogP) is 13.4. The molecule has 0 saturated carbocycles. The zero-order valence-corrected chi connectivity index (χ0v) is 33.7. The van der Waals surface area contributed by atoms with E-state index in [4.69, 9.17) is 0 Å². The van der Waals surface area contributed by atoms with Gasteiger partial charge in [0, 0.05) is 45.3 Å². The van der Waals surface area contributed by atoms with Crippen LogP contribution in [0.4, 0.5) is 0 Å². The number of unbranched alkanes of at least 4 members (excludes halogenated alkanes) is 24. The van der Waals surface area contributed by atoms with Crippen molar-refractivity contribution in [3.05, 3.63) is 24.3 Å². The van der Waals surface area contributed by atoms with Crippen molar-refractivity contribution in [2.45, 2.75) is 213 Å². The molecule has 1 rings (SSSR count). The molecule has 0 unspecified atom stereocenters. The fourth-order valence-electron chi connectivity index (χ4n) is 7.46. The molecule has 3 heteroatoms. The van der Waals surface area contributed by atoms with Gasteiger partial charge < -0.3 is 4.90 Å². The molecular weight excluding hydrogens is 583 g/mol. The predicted molar refractivity (Wildman–Crippen MR) is 218 cm³/mol. The van der Waals surface area contributed by atoms with E-state index in [9.17, 15) is 0 Å². The van der Waals surface area contributed by atoms with E-state index in [0.29, 0.717) is 0 Å². The number of piperazine rings is 1. The number of likely N-dealkylation sites (N-methyl/N-ethyl adjacent to an activating group) is 1. The highest BCUT2D eigenvalue weighted by Crippen LogP contribution is 2.21. The van der Waals surface area contributed by atoms with Gasteiger partial charge in [0.05, 0.1) is 0 Å². The summed E-state index contributed by atoms with van der Waals surface area (Å²) in [5.41, 5.74) is 0. The van der Waals surface area contributed by atoms with Gasteiger partial charge in [0.1, 0.15) is 0 Å². The van der Waals surface area contributed by atoms with Crippen molar-refractivity contribution >= 4 is 0 Å². The Morgan fingerprint density at radius 3 is 1.12 bits per heavy atom. The highest BCUT2D eigenvalue weighted by molar-refractivity contribution is 4.82. The van der Waals surface area contributed by atoms with Crippen molar-refractivity contribution in [1.29, 1.82) is 0 Å². The number of hydrogen-bond donors (Lipinski definition) is 0. The lowest BCUT2D eigenvalue weighted by molar-refractivity contribution is 0.0820. The third-order valence-electron chi connectivity index (χ3n) is 10.9. The zero-order chi connectivity index (χ0) is 34.6. The molecule has 0 bridgehead atoms. The largest absolute Gasteiger partial charge is 0.308 e. The van der Waals surface area contributed by atoms with Crippen LogP contribution in [-0.2, 0) is 0 Å². The van der Waals surface area contributed by atoms with Crippen molar-refractivity contribution in [3.63, 3.8) is 0 Å². The summed E-state index contributed by atoms with van der Waals surface area (Å²) < 4.78 is 0. The molecule has 1 heterocycles. The Morgan fingerprint density at radius 2 is 0.771 bits per heavy atom. The topological polar surface area (TPSA) is 9.72 Å². The highest BCUT2D eigenvalue weighted by atomic mass is 15.3. The van der Waals surface area contributed by atoms with Crippen LogP contribution in [0.5, 0.6) is 0 Å². The molecule has 0 aromatic heterocycles. The first-order valence-electron chi connectivity index (χ1n) is 22.1. The summed E-state index contributed by atoms with van der Waals surface area (Å²) >= 11 is 0. The Bertz CT molecular complexity index is 636. The maximum Gasteiger partial charge on any atom is 0.0113 e. The molecule has 0 amide bonds. The molecule has 1 aliphatic heterocycles. The number of hydrogen-bond acceptors (Lipinski definition) is 3. The molecule has 0 aromatic rings. The minimum Gasteiger partial charge on any atom is -0.308 e. The third-order valence-corrected chi connectivity index (χ3v) is 10.9. The van der Waals surface area contributed by atoms with Gasteiger partial charge in [0.25, 0.3) is 0 Å². The van der Waals surface area contributed by atoms with Crippen LogP contribution in [0, 0.1) is 0 Å². The van der Waals surface area contributed by atoms with Crippen LogP contribution in [0.3, 0.4) is 0 Å². The summed E-state index contributed by atoms with van der Waals surface area (Å²) in [4.78, 5) is 7.92. The molecule has 0 radical (unpaired) electrons. The molecule has 1 aliphatic rings. The van der Waals surface area contributed by atoms with Crippen LogP contribution in [-0.4, -0.2) is 74.1 Å². The van der Waals surface area contributed by atoms with Gasteiger partial charge in [0.2, 0.25) is 0 Å². The first-order chi connectivity index (χ1) is 23.7. The summed E-state index contributed by atoms with van der Waals surface area (Å²) in [7, 11) is 4.41. The molecule has 3 nitrogen and oxygen atoms in total. The molecule has 0 N–H and O–H groups in total. The SMILES string of the molecule is CCCCCCCC/C=C\CCCCCCCCC(CCCCCCCC/C=C\CCCCCCCC)N1CCN(CCN(C)C)CC1. The summed E-state index contributed by atoms with van der Waals surface area (Å²) in [6, 6.07) is 0.828. The second-order valence-corrected chi connectivity index (χ2v) is 15.8. The Morgan fingerprint density at radius 1 is 0.438 bits per heavy atom. The second kappa shape index (κ2) is 36.2. The average molecular weight is 672 g/mol. The fourth-order valence-corrected chi connectivity index (χ4v) is 7.46. The van der Waals surface area contributed by atoms with Crippen LogP contribution in [0.15, 0.2) is 24.3 Å².